The molecule has 0 fully saturated rings. The van der Waals surface area contributed by atoms with E-state index < -0.39 is 0 Å². The summed E-state index contributed by atoms with van der Waals surface area (Å²) in [6.45, 7) is 8.54. The minimum Gasteiger partial charge on any atom is -0.486 e. The Balaban J connectivity index is 1.67. The zero-order valence-corrected chi connectivity index (χ0v) is 19.7. The molecule has 1 amide bonds. The number of carbonyl (C=O) groups is 1. The van der Waals surface area contributed by atoms with Gasteiger partial charge in [0.1, 0.15) is 13.2 Å². The summed E-state index contributed by atoms with van der Waals surface area (Å²) in [7, 11) is 0. The maximum absolute atomic E-state index is 13.6. The van der Waals surface area contributed by atoms with Gasteiger partial charge in [0, 0.05) is 23.5 Å². The highest BCUT2D eigenvalue weighted by atomic mass is 32.2. The number of thiazole rings is 1. The van der Waals surface area contributed by atoms with Gasteiger partial charge in [-0.15, -0.1) is 11.8 Å². The lowest BCUT2D eigenvalue weighted by Crippen LogP contribution is -2.38. The lowest BCUT2D eigenvalue weighted by Gasteiger charge is -2.25. The molecule has 0 atom stereocenters. The average Bonchev–Trinajstić information content (AvgIpc) is 3.24. The van der Waals surface area contributed by atoms with Crippen LogP contribution in [-0.4, -0.2) is 61.4 Å². The van der Waals surface area contributed by atoms with Gasteiger partial charge in [0.05, 0.1) is 10.2 Å². The Kier molecular flexibility index (Phi) is 6.99. The van der Waals surface area contributed by atoms with Gasteiger partial charge in [-0.25, -0.2) is 4.98 Å². The topological polar surface area (TPSA) is 54.9 Å². The number of nitrogens with zero attached hydrogens (tertiary/aromatic N) is 3. The number of benzene rings is 2. The van der Waals surface area contributed by atoms with E-state index in [1.807, 2.05) is 12.1 Å². The summed E-state index contributed by atoms with van der Waals surface area (Å²) in [5, 5.41) is 0.722. The molecule has 164 valence electrons. The molecule has 0 unspecified atom stereocenters. The number of hydrogen-bond acceptors (Lipinski definition) is 7. The Morgan fingerprint density at radius 2 is 1.84 bits per heavy atom. The standard InChI is InChI=1S/C23H27N3O3S2/c1-4-25(5-2)10-11-26(23-24-18-8-7-17(30-3)15-21(18)31-23)22(27)16-6-9-19-20(14-16)29-13-12-28-19/h6-9,14-15H,4-5,10-13H2,1-3H3. The van der Waals surface area contributed by atoms with Gasteiger partial charge in [-0.05, 0) is 55.7 Å². The second kappa shape index (κ2) is 9.89. The van der Waals surface area contributed by atoms with E-state index in [9.17, 15) is 4.79 Å². The Morgan fingerprint density at radius 1 is 1.06 bits per heavy atom. The Bertz CT molecular complexity index is 1070. The summed E-state index contributed by atoms with van der Waals surface area (Å²) in [6.07, 6.45) is 2.06. The fourth-order valence-electron chi connectivity index (χ4n) is 3.53. The molecule has 3 aromatic rings. The summed E-state index contributed by atoms with van der Waals surface area (Å²) < 4.78 is 12.4. The Morgan fingerprint density at radius 3 is 2.58 bits per heavy atom. The van der Waals surface area contributed by atoms with Crippen molar-refractivity contribution in [2.24, 2.45) is 0 Å². The largest absolute Gasteiger partial charge is 0.486 e. The number of amides is 1. The number of likely N-dealkylation sites (N-methyl/N-ethyl adjacent to an activating group) is 1. The first kappa shape index (κ1) is 21.9. The SMILES string of the molecule is CCN(CC)CCN(C(=O)c1ccc2c(c1)OCCO2)c1nc2ccc(SC)cc2s1. The maximum Gasteiger partial charge on any atom is 0.260 e. The molecule has 0 saturated carbocycles. The highest BCUT2D eigenvalue weighted by Gasteiger charge is 2.24. The van der Waals surface area contributed by atoms with Crippen LogP contribution in [0.4, 0.5) is 5.13 Å². The first-order valence-electron chi connectivity index (χ1n) is 10.5. The van der Waals surface area contributed by atoms with E-state index in [2.05, 4.69) is 37.1 Å². The molecular formula is C23H27N3O3S2. The summed E-state index contributed by atoms with van der Waals surface area (Å²) in [5.74, 6) is 1.23. The number of rotatable bonds is 8. The van der Waals surface area contributed by atoms with Gasteiger partial charge in [0.2, 0.25) is 0 Å². The van der Waals surface area contributed by atoms with Crippen LogP contribution in [0, 0.1) is 0 Å². The highest BCUT2D eigenvalue weighted by molar-refractivity contribution is 7.98. The number of hydrogen-bond donors (Lipinski definition) is 0. The first-order valence-corrected chi connectivity index (χ1v) is 12.6. The van der Waals surface area contributed by atoms with Crippen LogP contribution < -0.4 is 14.4 Å². The second-order valence-electron chi connectivity index (χ2n) is 7.17. The van der Waals surface area contributed by atoms with Crippen molar-refractivity contribution >= 4 is 44.4 Å². The van der Waals surface area contributed by atoms with E-state index in [0.29, 0.717) is 36.8 Å². The zero-order chi connectivity index (χ0) is 21.8. The van der Waals surface area contributed by atoms with Gasteiger partial charge < -0.3 is 14.4 Å². The third kappa shape index (κ3) is 4.81. The van der Waals surface area contributed by atoms with Crippen LogP contribution in [0.5, 0.6) is 11.5 Å². The number of anilines is 1. The van der Waals surface area contributed by atoms with Crippen LogP contribution in [0.2, 0.25) is 0 Å². The van der Waals surface area contributed by atoms with Gasteiger partial charge in [0.15, 0.2) is 16.6 Å². The quantitative estimate of drug-likeness (QED) is 0.454. The van der Waals surface area contributed by atoms with Crippen molar-refractivity contribution in [2.45, 2.75) is 18.7 Å². The lowest BCUT2D eigenvalue weighted by molar-refractivity contribution is 0.0982. The van der Waals surface area contributed by atoms with E-state index in [1.165, 1.54) is 4.90 Å². The smallest absolute Gasteiger partial charge is 0.260 e. The van der Waals surface area contributed by atoms with Crippen LogP contribution >= 0.6 is 23.1 Å². The van der Waals surface area contributed by atoms with Crippen molar-refractivity contribution in [3.63, 3.8) is 0 Å². The third-order valence-corrected chi connectivity index (χ3v) is 7.15. The summed E-state index contributed by atoms with van der Waals surface area (Å²) in [4.78, 5) is 23.7. The number of fused-ring (bicyclic) bond motifs is 2. The summed E-state index contributed by atoms with van der Waals surface area (Å²) >= 11 is 3.26. The molecule has 0 radical (unpaired) electrons. The summed E-state index contributed by atoms with van der Waals surface area (Å²) in [6, 6.07) is 11.6. The normalized spacial score (nSPS) is 13.0. The minimum atomic E-state index is -0.0757. The third-order valence-electron chi connectivity index (χ3n) is 5.38. The number of thioether (sulfide) groups is 1. The van der Waals surface area contributed by atoms with Crippen molar-refractivity contribution < 1.29 is 14.3 Å². The fourth-order valence-corrected chi connectivity index (χ4v) is 5.08. The van der Waals surface area contributed by atoms with Crippen LogP contribution in [0.3, 0.4) is 0 Å². The van der Waals surface area contributed by atoms with Gasteiger partial charge in [-0.3, -0.25) is 9.69 Å². The van der Waals surface area contributed by atoms with E-state index in [0.717, 1.165) is 35.0 Å². The predicted octanol–water partition coefficient (Wildman–Crippen LogP) is 4.78. The Hall–Kier alpha value is -2.29. The number of ether oxygens (including phenoxy) is 2. The van der Waals surface area contributed by atoms with Gasteiger partial charge >= 0.3 is 0 Å². The van der Waals surface area contributed by atoms with Gasteiger partial charge in [-0.2, -0.15) is 0 Å². The maximum atomic E-state index is 13.6. The van der Waals surface area contributed by atoms with Gasteiger partial charge in [-0.1, -0.05) is 25.2 Å². The second-order valence-corrected chi connectivity index (χ2v) is 9.06. The average molecular weight is 458 g/mol. The Labute approximate surface area is 191 Å². The molecule has 0 N–H and O–H groups in total. The molecular weight excluding hydrogens is 430 g/mol. The number of carbonyl (C=O) groups excluding carboxylic acids is 1. The fraction of sp³-hybridized carbons (Fsp3) is 0.391. The monoisotopic (exact) mass is 457 g/mol. The molecule has 0 spiro atoms. The van der Waals surface area contributed by atoms with Crippen LogP contribution in [-0.2, 0) is 0 Å². The predicted molar refractivity (Wildman–Crippen MR) is 128 cm³/mol. The van der Waals surface area contributed by atoms with Crippen molar-refractivity contribution in [2.75, 3.05) is 50.5 Å². The molecule has 4 rings (SSSR count). The van der Waals surface area contributed by atoms with Crippen molar-refractivity contribution in [3.05, 3.63) is 42.0 Å². The van der Waals surface area contributed by atoms with E-state index in [1.54, 1.807) is 40.1 Å². The van der Waals surface area contributed by atoms with Gasteiger partial charge in [0.25, 0.3) is 5.91 Å². The molecule has 2 heterocycles. The minimum absolute atomic E-state index is 0.0757. The highest BCUT2D eigenvalue weighted by Crippen LogP contribution is 2.34. The molecule has 1 aromatic heterocycles. The molecule has 2 aromatic carbocycles. The number of aromatic nitrogens is 1. The molecule has 1 aliphatic rings. The van der Waals surface area contributed by atoms with Crippen LogP contribution in [0.25, 0.3) is 10.2 Å². The van der Waals surface area contributed by atoms with Crippen LogP contribution in [0.1, 0.15) is 24.2 Å². The van der Waals surface area contributed by atoms with Crippen molar-refractivity contribution in [1.82, 2.24) is 9.88 Å². The zero-order valence-electron chi connectivity index (χ0n) is 18.1. The first-order chi connectivity index (χ1) is 15.1. The molecule has 31 heavy (non-hydrogen) atoms. The molecule has 0 aliphatic carbocycles. The molecule has 0 bridgehead atoms. The van der Waals surface area contributed by atoms with Crippen molar-refractivity contribution in [1.29, 1.82) is 0 Å². The van der Waals surface area contributed by atoms with E-state index >= 15 is 0 Å². The summed E-state index contributed by atoms with van der Waals surface area (Å²) in [5.41, 5.74) is 1.49. The van der Waals surface area contributed by atoms with Crippen molar-refractivity contribution in [3.8, 4) is 11.5 Å². The van der Waals surface area contributed by atoms with E-state index in [-0.39, 0.29) is 5.91 Å². The molecule has 6 nitrogen and oxygen atoms in total. The lowest BCUT2D eigenvalue weighted by atomic mass is 10.1. The molecule has 8 heteroatoms. The molecule has 0 saturated heterocycles. The van der Waals surface area contributed by atoms with Crippen LogP contribution in [0.15, 0.2) is 41.3 Å². The van der Waals surface area contributed by atoms with E-state index in [4.69, 9.17) is 14.5 Å². The molecule has 1 aliphatic heterocycles.